The molecule has 0 saturated carbocycles. The van der Waals surface area contributed by atoms with E-state index in [0.29, 0.717) is 18.8 Å². The summed E-state index contributed by atoms with van der Waals surface area (Å²) in [6.45, 7) is 2.92. The van der Waals surface area contributed by atoms with Crippen LogP contribution >= 0.6 is 0 Å². The second-order valence-corrected chi connectivity index (χ2v) is 4.16. The van der Waals surface area contributed by atoms with E-state index in [4.69, 9.17) is 5.73 Å². The molecule has 0 spiro atoms. The third kappa shape index (κ3) is 1.88. The van der Waals surface area contributed by atoms with Gasteiger partial charge in [0.05, 0.1) is 0 Å². The lowest BCUT2D eigenvalue weighted by Crippen LogP contribution is -2.43. The first-order chi connectivity index (χ1) is 7.59. The van der Waals surface area contributed by atoms with Gasteiger partial charge in [0.15, 0.2) is 11.4 Å². The van der Waals surface area contributed by atoms with E-state index in [1.807, 2.05) is 0 Å². The zero-order valence-electron chi connectivity index (χ0n) is 9.23. The summed E-state index contributed by atoms with van der Waals surface area (Å²) < 4.78 is 0. The van der Waals surface area contributed by atoms with Crippen LogP contribution in [-0.4, -0.2) is 45.2 Å². The molecular formula is C10H16N4O2. The number of carbonyl (C=O) groups excluding carboxylic acids is 1. The Hall–Kier alpha value is -1.56. The van der Waals surface area contributed by atoms with E-state index in [1.165, 1.54) is 0 Å². The van der Waals surface area contributed by atoms with Crippen LogP contribution in [0.3, 0.4) is 0 Å². The quantitative estimate of drug-likeness (QED) is 0.625. The Bertz CT molecular complexity index is 394. The van der Waals surface area contributed by atoms with Crippen molar-refractivity contribution in [1.82, 2.24) is 15.1 Å². The van der Waals surface area contributed by atoms with E-state index in [1.54, 1.807) is 11.8 Å². The number of H-pyrrole nitrogens is 1. The Morgan fingerprint density at radius 1 is 1.56 bits per heavy atom. The summed E-state index contributed by atoms with van der Waals surface area (Å²) in [5, 5.41) is 16.0. The Labute approximate surface area is 93.4 Å². The second kappa shape index (κ2) is 4.13. The number of carbonyl (C=O) groups is 1. The third-order valence-electron chi connectivity index (χ3n) is 2.96. The van der Waals surface area contributed by atoms with Gasteiger partial charge in [-0.25, -0.2) is 0 Å². The summed E-state index contributed by atoms with van der Waals surface area (Å²) in [5.41, 5.74) is 6.38. The summed E-state index contributed by atoms with van der Waals surface area (Å²) in [7, 11) is 0. The molecule has 2 heterocycles. The van der Waals surface area contributed by atoms with E-state index in [2.05, 4.69) is 10.2 Å². The number of rotatable bonds is 1. The highest BCUT2D eigenvalue weighted by Crippen LogP contribution is 2.21. The summed E-state index contributed by atoms with van der Waals surface area (Å²) in [6, 6.07) is 0.182. The van der Waals surface area contributed by atoms with Gasteiger partial charge in [-0.3, -0.25) is 9.89 Å². The van der Waals surface area contributed by atoms with Crippen LogP contribution in [0.15, 0.2) is 0 Å². The molecule has 1 aromatic rings. The fourth-order valence-corrected chi connectivity index (χ4v) is 1.84. The minimum absolute atomic E-state index is 0.0557. The average Bonchev–Trinajstić information content (AvgIpc) is 2.60. The van der Waals surface area contributed by atoms with Gasteiger partial charge in [0.1, 0.15) is 5.69 Å². The molecule has 0 bridgehead atoms. The fourth-order valence-electron chi connectivity index (χ4n) is 1.84. The van der Waals surface area contributed by atoms with E-state index in [-0.39, 0.29) is 23.4 Å². The summed E-state index contributed by atoms with van der Waals surface area (Å²) in [4.78, 5) is 13.7. The minimum atomic E-state index is -0.204. The van der Waals surface area contributed by atoms with Crippen molar-refractivity contribution in [2.75, 3.05) is 13.1 Å². The monoisotopic (exact) mass is 224 g/mol. The highest BCUT2D eigenvalue weighted by Gasteiger charge is 2.25. The second-order valence-electron chi connectivity index (χ2n) is 4.16. The van der Waals surface area contributed by atoms with E-state index in [9.17, 15) is 9.90 Å². The number of amides is 1. The topological polar surface area (TPSA) is 95.2 Å². The van der Waals surface area contributed by atoms with Gasteiger partial charge in [-0.05, 0) is 19.8 Å². The molecule has 0 atom stereocenters. The molecule has 1 amide bonds. The number of nitrogens with one attached hydrogen (secondary N) is 1. The van der Waals surface area contributed by atoms with Gasteiger partial charge >= 0.3 is 0 Å². The van der Waals surface area contributed by atoms with Crippen LogP contribution in [0, 0.1) is 6.92 Å². The van der Waals surface area contributed by atoms with Crippen LogP contribution in [0.25, 0.3) is 0 Å². The Balaban J connectivity index is 2.11. The van der Waals surface area contributed by atoms with Crippen molar-refractivity contribution < 1.29 is 9.90 Å². The van der Waals surface area contributed by atoms with Crippen LogP contribution in [0.5, 0.6) is 5.75 Å². The van der Waals surface area contributed by atoms with Crippen LogP contribution in [-0.2, 0) is 0 Å². The molecule has 1 aliphatic heterocycles. The number of piperidine rings is 1. The maximum Gasteiger partial charge on any atom is 0.275 e. The normalized spacial score (nSPS) is 17.8. The third-order valence-corrected chi connectivity index (χ3v) is 2.96. The number of aromatic hydroxyl groups is 1. The molecule has 2 rings (SSSR count). The van der Waals surface area contributed by atoms with Gasteiger partial charge in [-0.1, -0.05) is 0 Å². The molecule has 1 saturated heterocycles. The maximum absolute atomic E-state index is 12.0. The van der Waals surface area contributed by atoms with Crippen molar-refractivity contribution >= 4 is 5.91 Å². The molecule has 4 N–H and O–H groups in total. The summed E-state index contributed by atoms with van der Waals surface area (Å²) in [6.07, 6.45) is 1.61. The fraction of sp³-hybridized carbons (Fsp3) is 0.600. The molecule has 1 fully saturated rings. The van der Waals surface area contributed by atoms with Crippen LogP contribution in [0.2, 0.25) is 0 Å². The van der Waals surface area contributed by atoms with Crippen molar-refractivity contribution in [3.63, 3.8) is 0 Å². The van der Waals surface area contributed by atoms with Gasteiger partial charge in [0.2, 0.25) is 0 Å². The van der Waals surface area contributed by atoms with Gasteiger partial charge in [0, 0.05) is 19.1 Å². The van der Waals surface area contributed by atoms with Crippen molar-refractivity contribution in [3.05, 3.63) is 11.4 Å². The summed E-state index contributed by atoms with van der Waals surface area (Å²) in [5.74, 6) is -0.259. The smallest absolute Gasteiger partial charge is 0.275 e. The number of aromatic nitrogens is 2. The molecule has 0 radical (unpaired) electrons. The number of likely N-dealkylation sites (tertiary alicyclic amines) is 1. The van der Waals surface area contributed by atoms with Crippen molar-refractivity contribution in [3.8, 4) is 5.75 Å². The zero-order chi connectivity index (χ0) is 11.7. The first-order valence-corrected chi connectivity index (χ1v) is 5.38. The standard InChI is InChI=1S/C10H16N4O2/c1-6-9(15)8(13-12-6)10(16)14-4-2-7(11)3-5-14/h7,15H,2-5,11H2,1H3,(H,12,13). The number of nitrogens with zero attached hydrogens (tertiary/aromatic N) is 2. The van der Waals surface area contributed by atoms with Crippen LogP contribution < -0.4 is 5.73 Å². The summed E-state index contributed by atoms with van der Waals surface area (Å²) >= 11 is 0. The lowest BCUT2D eigenvalue weighted by Gasteiger charge is -2.29. The van der Waals surface area contributed by atoms with Gasteiger partial charge < -0.3 is 15.7 Å². The van der Waals surface area contributed by atoms with Crippen molar-refractivity contribution in [2.45, 2.75) is 25.8 Å². The molecule has 0 unspecified atom stereocenters. The van der Waals surface area contributed by atoms with Crippen LogP contribution in [0.4, 0.5) is 0 Å². The largest absolute Gasteiger partial charge is 0.504 e. The predicted octanol–water partition coefficient (Wildman–Crippen LogP) is -0.0130. The molecule has 88 valence electrons. The average molecular weight is 224 g/mol. The van der Waals surface area contributed by atoms with Crippen LogP contribution in [0.1, 0.15) is 29.0 Å². The van der Waals surface area contributed by atoms with E-state index < -0.39 is 0 Å². The zero-order valence-corrected chi connectivity index (χ0v) is 9.23. The Morgan fingerprint density at radius 2 is 2.19 bits per heavy atom. The van der Waals surface area contributed by atoms with Gasteiger partial charge in [-0.15, -0.1) is 0 Å². The molecule has 0 aliphatic carbocycles. The first kappa shape index (κ1) is 10.9. The number of hydrogen-bond acceptors (Lipinski definition) is 4. The molecule has 0 aromatic carbocycles. The highest BCUT2D eigenvalue weighted by atomic mass is 16.3. The molecule has 6 nitrogen and oxygen atoms in total. The molecule has 1 aromatic heterocycles. The molecule has 1 aliphatic rings. The first-order valence-electron chi connectivity index (χ1n) is 5.38. The Morgan fingerprint density at radius 3 is 2.69 bits per heavy atom. The maximum atomic E-state index is 12.0. The van der Waals surface area contributed by atoms with E-state index in [0.717, 1.165) is 12.8 Å². The van der Waals surface area contributed by atoms with Gasteiger partial charge in [-0.2, -0.15) is 5.10 Å². The highest BCUT2D eigenvalue weighted by molar-refractivity contribution is 5.95. The number of aryl methyl sites for hydroxylation is 1. The Kier molecular flexibility index (Phi) is 2.82. The van der Waals surface area contributed by atoms with E-state index >= 15 is 0 Å². The lowest BCUT2D eigenvalue weighted by atomic mass is 10.1. The van der Waals surface area contributed by atoms with Gasteiger partial charge in [0.25, 0.3) is 5.91 Å². The van der Waals surface area contributed by atoms with Crippen molar-refractivity contribution in [2.24, 2.45) is 5.73 Å². The number of aromatic amines is 1. The number of hydrogen-bond donors (Lipinski definition) is 3. The molecular weight excluding hydrogens is 208 g/mol. The number of nitrogens with two attached hydrogens (primary N) is 1. The van der Waals surface area contributed by atoms with Crippen molar-refractivity contribution in [1.29, 1.82) is 0 Å². The SMILES string of the molecule is Cc1n[nH]c(C(=O)N2CCC(N)CC2)c1O. The predicted molar refractivity (Wildman–Crippen MR) is 58.1 cm³/mol. The molecule has 6 heteroatoms. The minimum Gasteiger partial charge on any atom is -0.504 e. The molecule has 16 heavy (non-hydrogen) atoms. The lowest BCUT2D eigenvalue weighted by molar-refractivity contribution is 0.0705.